The minimum absolute atomic E-state index is 0.540. The van der Waals surface area contributed by atoms with Crippen LogP contribution in [0.1, 0.15) is 38.3 Å². The third-order valence-electron chi connectivity index (χ3n) is 4.49. The van der Waals surface area contributed by atoms with Crippen molar-refractivity contribution < 1.29 is 0 Å². The van der Waals surface area contributed by atoms with E-state index in [0.29, 0.717) is 12.1 Å². The number of piperidine rings is 1. The summed E-state index contributed by atoms with van der Waals surface area (Å²) in [5.41, 5.74) is 1.44. The SMILES string of the molecule is CCC1CN(C(C)c2ccccc2)CCC1NC. The first kappa shape index (κ1) is 13.6. The predicted molar refractivity (Wildman–Crippen MR) is 77.7 cm³/mol. The summed E-state index contributed by atoms with van der Waals surface area (Å²) in [4.78, 5) is 2.64. The van der Waals surface area contributed by atoms with Crippen LogP contribution < -0.4 is 5.32 Å². The zero-order valence-electron chi connectivity index (χ0n) is 11.9. The molecule has 1 heterocycles. The van der Waals surface area contributed by atoms with Gasteiger partial charge < -0.3 is 5.32 Å². The molecule has 1 aromatic carbocycles. The molecule has 0 radical (unpaired) electrons. The predicted octanol–water partition coefficient (Wildman–Crippen LogP) is 3.07. The van der Waals surface area contributed by atoms with Gasteiger partial charge in [0.15, 0.2) is 0 Å². The van der Waals surface area contributed by atoms with Gasteiger partial charge in [0.2, 0.25) is 0 Å². The molecule has 1 saturated heterocycles. The minimum atomic E-state index is 0.540. The van der Waals surface area contributed by atoms with Gasteiger partial charge in [0.1, 0.15) is 0 Å². The normalized spacial score (nSPS) is 27.1. The molecule has 3 atom stereocenters. The van der Waals surface area contributed by atoms with E-state index >= 15 is 0 Å². The number of nitrogens with zero attached hydrogens (tertiary/aromatic N) is 1. The Hall–Kier alpha value is -0.860. The maximum atomic E-state index is 3.48. The Balaban J connectivity index is 2.02. The monoisotopic (exact) mass is 246 g/mol. The van der Waals surface area contributed by atoms with Crippen molar-refractivity contribution in [2.75, 3.05) is 20.1 Å². The van der Waals surface area contributed by atoms with Crippen molar-refractivity contribution >= 4 is 0 Å². The minimum Gasteiger partial charge on any atom is -0.317 e. The van der Waals surface area contributed by atoms with Gasteiger partial charge >= 0.3 is 0 Å². The van der Waals surface area contributed by atoms with Crippen molar-refractivity contribution in [1.29, 1.82) is 0 Å². The average Bonchev–Trinajstić information content (AvgIpc) is 2.46. The van der Waals surface area contributed by atoms with E-state index in [4.69, 9.17) is 0 Å². The summed E-state index contributed by atoms with van der Waals surface area (Å²) in [5, 5.41) is 3.48. The zero-order valence-corrected chi connectivity index (χ0v) is 11.9. The molecule has 100 valence electrons. The molecule has 1 aliphatic heterocycles. The molecule has 0 bridgehead atoms. The van der Waals surface area contributed by atoms with E-state index in [0.717, 1.165) is 5.92 Å². The lowest BCUT2D eigenvalue weighted by Crippen LogP contribution is -2.48. The lowest BCUT2D eigenvalue weighted by atomic mass is 9.88. The van der Waals surface area contributed by atoms with Crippen LogP contribution in [0.25, 0.3) is 0 Å². The van der Waals surface area contributed by atoms with Crippen molar-refractivity contribution in [3.05, 3.63) is 35.9 Å². The van der Waals surface area contributed by atoms with Crippen LogP contribution in [0.4, 0.5) is 0 Å². The highest BCUT2D eigenvalue weighted by Crippen LogP contribution is 2.27. The Bertz CT molecular complexity index is 349. The van der Waals surface area contributed by atoms with Gasteiger partial charge in [-0.15, -0.1) is 0 Å². The van der Waals surface area contributed by atoms with Crippen LogP contribution in [-0.4, -0.2) is 31.1 Å². The third kappa shape index (κ3) is 2.93. The van der Waals surface area contributed by atoms with E-state index in [1.54, 1.807) is 0 Å². The van der Waals surface area contributed by atoms with Crippen LogP contribution in [0, 0.1) is 5.92 Å². The first-order valence-electron chi connectivity index (χ1n) is 7.22. The molecule has 0 aromatic heterocycles. The van der Waals surface area contributed by atoms with Crippen LogP contribution in [-0.2, 0) is 0 Å². The third-order valence-corrected chi connectivity index (χ3v) is 4.49. The zero-order chi connectivity index (χ0) is 13.0. The number of nitrogens with one attached hydrogen (secondary N) is 1. The fourth-order valence-corrected chi connectivity index (χ4v) is 3.15. The Kier molecular flexibility index (Phi) is 4.79. The number of benzene rings is 1. The van der Waals surface area contributed by atoms with E-state index in [1.165, 1.54) is 31.5 Å². The molecule has 2 rings (SSSR count). The molecule has 0 spiro atoms. The summed E-state index contributed by atoms with van der Waals surface area (Å²) >= 11 is 0. The lowest BCUT2D eigenvalue weighted by molar-refractivity contribution is 0.104. The lowest BCUT2D eigenvalue weighted by Gasteiger charge is -2.41. The topological polar surface area (TPSA) is 15.3 Å². The second-order valence-electron chi connectivity index (χ2n) is 5.43. The Morgan fingerprint density at radius 3 is 2.67 bits per heavy atom. The van der Waals surface area contributed by atoms with Gasteiger partial charge in [-0.2, -0.15) is 0 Å². The van der Waals surface area contributed by atoms with Crippen molar-refractivity contribution in [2.45, 2.75) is 38.8 Å². The van der Waals surface area contributed by atoms with E-state index in [2.05, 4.69) is 61.4 Å². The van der Waals surface area contributed by atoms with Gasteiger partial charge in [-0.05, 0) is 31.9 Å². The highest BCUT2D eigenvalue weighted by atomic mass is 15.2. The summed E-state index contributed by atoms with van der Waals surface area (Å²) < 4.78 is 0. The molecule has 3 unspecified atom stereocenters. The van der Waals surface area contributed by atoms with E-state index < -0.39 is 0 Å². The van der Waals surface area contributed by atoms with Gasteiger partial charge in [-0.25, -0.2) is 0 Å². The van der Waals surface area contributed by atoms with Gasteiger partial charge in [0.25, 0.3) is 0 Å². The smallest absolute Gasteiger partial charge is 0.0320 e. The van der Waals surface area contributed by atoms with E-state index in [9.17, 15) is 0 Å². The molecular formula is C16H26N2. The quantitative estimate of drug-likeness (QED) is 0.878. The van der Waals surface area contributed by atoms with Gasteiger partial charge in [0.05, 0.1) is 0 Å². The molecule has 0 aliphatic carbocycles. The van der Waals surface area contributed by atoms with E-state index in [1.807, 2.05) is 0 Å². The van der Waals surface area contributed by atoms with Crippen LogP contribution in [0.2, 0.25) is 0 Å². The largest absolute Gasteiger partial charge is 0.317 e. The average molecular weight is 246 g/mol. The van der Waals surface area contributed by atoms with Gasteiger partial charge in [0, 0.05) is 25.2 Å². The fourth-order valence-electron chi connectivity index (χ4n) is 3.15. The second-order valence-corrected chi connectivity index (χ2v) is 5.43. The van der Waals surface area contributed by atoms with Crippen LogP contribution in [0.3, 0.4) is 0 Å². The molecule has 0 saturated carbocycles. The Morgan fingerprint density at radius 2 is 2.06 bits per heavy atom. The molecule has 1 N–H and O–H groups in total. The van der Waals surface area contributed by atoms with Crippen molar-refractivity contribution in [2.24, 2.45) is 5.92 Å². The summed E-state index contributed by atoms with van der Waals surface area (Å²) in [7, 11) is 2.10. The standard InChI is InChI=1S/C16H26N2/c1-4-14-12-18(11-10-16(14)17-3)13(2)15-8-6-5-7-9-15/h5-9,13-14,16-17H,4,10-12H2,1-3H3. The molecular weight excluding hydrogens is 220 g/mol. The molecule has 2 nitrogen and oxygen atoms in total. The molecule has 0 amide bonds. The number of likely N-dealkylation sites (tertiary alicyclic amines) is 1. The highest BCUT2D eigenvalue weighted by molar-refractivity contribution is 5.18. The first-order chi connectivity index (χ1) is 8.76. The van der Waals surface area contributed by atoms with E-state index in [-0.39, 0.29) is 0 Å². The number of hydrogen-bond acceptors (Lipinski definition) is 2. The maximum Gasteiger partial charge on any atom is 0.0320 e. The number of rotatable bonds is 4. The highest BCUT2D eigenvalue weighted by Gasteiger charge is 2.29. The molecule has 2 heteroatoms. The van der Waals surface area contributed by atoms with Crippen molar-refractivity contribution in [3.8, 4) is 0 Å². The van der Waals surface area contributed by atoms with Gasteiger partial charge in [-0.1, -0.05) is 43.7 Å². The first-order valence-corrected chi connectivity index (χ1v) is 7.22. The molecule has 18 heavy (non-hydrogen) atoms. The van der Waals surface area contributed by atoms with Gasteiger partial charge in [-0.3, -0.25) is 4.90 Å². The summed E-state index contributed by atoms with van der Waals surface area (Å²) in [5.74, 6) is 0.787. The van der Waals surface area contributed by atoms with Crippen LogP contribution in [0.5, 0.6) is 0 Å². The van der Waals surface area contributed by atoms with Crippen molar-refractivity contribution in [3.63, 3.8) is 0 Å². The molecule has 1 aromatic rings. The Labute approximate surface area is 111 Å². The summed E-state index contributed by atoms with van der Waals surface area (Å²) in [6.07, 6.45) is 2.54. The summed E-state index contributed by atoms with van der Waals surface area (Å²) in [6.45, 7) is 7.07. The van der Waals surface area contributed by atoms with Crippen LogP contribution >= 0.6 is 0 Å². The number of hydrogen-bond donors (Lipinski definition) is 1. The maximum absolute atomic E-state index is 3.48. The van der Waals surface area contributed by atoms with Crippen LogP contribution in [0.15, 0.2) is 30.3 Å². The summed E-state index contributed by atoms with van der Waals surface area (Å²) in [6, 6.07) is 12.1. The fraction of sp³-hybridized carbons (Fsp3) is 0.625. The van der Waals surface area contributed by atoms with Crippen molar-refractivity contribution in [1.82, 2.24) is 10.2 Å². The second kappa shape index (κ2) is 6.35. The molecule has 1 aliphatic rings. The Morgan fingerprint density at radius 1 is 1.33 bits per heavy atom. The molecule has 1 fully saturated rings.